The lowest BCUT2D eigenvalue weighted by Gasteiger charge is -2.35. The number of benzene rings is 1. The quantitative estimate of drug-likeness (QED) is 0.837. The molecule has 2 aromatic rings. The number of hydrogen-bond acceptors (Lipinski definition) is 6. The van der Waals surface area contributed by atoms with E-state index in [4.69, 9.17) is 9.72 Å². The van der Waals surface area contributed by atoms with Crippen LogP contribution in [-0.4, -0.2) is 67.4 Å². The number of ether oxygens (including phenoxy) is 1. The van der Waals surface area contributed by atoms with Gasteiger partial charge in [-0.3, -0.25) is 4.90 Å². The van der Waals surface area contributed by atoms with Crippen LogP contribution >= 0.6 is 0 Å². The smallest absolute Gasteiger partial charge is 0.227 e. The van der Waals surface area contributed by atoms with Crippen LogP contribution in [0.3, 0.4) is 0 Å². The first kappa shape index (κ1) is 17.2. The molecule has 4 rings (SSSR count). The van der Waals surface area contributed by atoms with Gasteiger partial charge in [0.2, 0.25) is 5.95 Å². The van der Waals surface area contributed by atoms with Crippen LogP contribution in [0.1, 0.15) is 11.1 Å². The van der Waals surface area contributed by atoms with E-state index in [2.05, 4.69) is 50.9 Å². The Kier molecular flexibility index (Phi) is 5.32. The first-order chi connectivity index (χ1) is 12.8. The average molecular weight is 353 g/mol. The number of piperazine rings is 1. The Labute approximate surface area is 155 Å². The molecule has 0 spiro atoms. The largest absolute Gasteiger partial charge is 0.378 e. The van der Waals surface area contributed by atoms with Crippen LogP contribution in [-0.2, 0) is 11.3 Å². The number of anilines is 2. The molecule has 1 aromatic carbocycles. The minimum atomic E-state index is 0.775. The molecule has 2 fully saturated rings. The minimum Gasteiger partial charge on any atom is -0.378 e. The van der Waals surface area contributed by atoms with Crippen molar-refractivity contribution in [3.8, 4) is 0 Å². The van der Waals surface area contributed by atoms with E-state index in [9.17, 15) is 0 Å². The van der Waals surface area contributed by atoms with Gasteiger partial charge >= 0.3 is 0 Å². The number of nitrogens with zero attached hydrogens (tertiary/aromatic N) is 5. The van der Waals surface area contributed by atoms with Crippen molar-refractivity contribution in [1.82, 2.24) is 14.9 Å². The minimum absolute atomic E-state index is 0.775. The summed E-state index contributed by atoms with van der Waals surface area (Å²) in [5, 5.41) is 0. The van der Waals surface area contributed by atoms with Crippen molar-refractivity contribution in [2.24, 2.45) is 0 Å². The Morgan fingerprint density at radius 3 is 2.46 bits per heavy atom. The number of hydrogen-bond donors (Lipinski definition) is 0. The second-order valence-electron chi connectivity index (χ2n) is 7.00. The van der Waals surface area contributed by atoms with Crippen molar-refractivity contribution in [1.29, 1.82) is 0 Å². The summed E-state index contributed by atoms with van der Waals surface area (Å²) in [6.45, 7) is 10.6. The topological polar surface area (TPSA) is 44.7 Å². The van der Waals surface area contributed by atoms with Gasteiger partial charge in [0, 0.05) is 52.0 Å². The first-order valence-corrected chi connectivity index (χ1v) is 9.47. The van der Waals surface area contributed by atoms with Crippen molar-refractivity contribution in [3.05, 3.63) is 47.7 Å². The van der Waals surface area contributed by atoms with E-state index in [0.29, 0.717) is 0 Å². The zero-order valence-corrected chi connectivity index (χ0v) is 15.5. The van der Waals surface area contributed by atoms with Crippen molar-refractivity contribution in [2.75, 3.05) is 62.3 Å². The third-order valence-electron chi connectivity index (χ3n) is 5.27. The van der Waals surface area contributed by atoms with Gasteiger partial charge in [-0.15, -0.1) is 0 Å². The number of rotatable bonds is 4. The third kappa shape index (κ3) is 3.97. The molecule has 0 saturated carbocycles. The molecule has 138 valence electrons. The van der Waals surface area contributed by atoms with Gasteiger partial charge in [0.25, 0.3) is 0 Å². The van der Waals surface area contributed by atoms with Gasteiger partial charge in [-0.05, 0) is 24.1 Å². The van der Waals surface area contributed by atoms with Crippen LogP contribution < -0.4 is 9.80 Å². The standard InChI is InChI=1S/C20H27N5O/c1-17-4-2-3-5-18(17)16-23-8-10-25(11-9-23)20-21-7-6-19(22-20)24-12-14-26-15-13-24/h2-7H,8-16H2,1H3. The summed E-state index contributed by atoms with van der Waals surface area (Å²) in [6, 6.07) is 10.7. The Morgan fingerprint density at radius 1 is 0.923 bits per heavy atom. The highest BCUT2D eigenvalue weighted by atomic mass is 16.5. The summed E-state index contributed by atoms with van der Waals surface area (Å²) in [4.78, 5) is 16.4. The summed E-state index contributed by atoms with van der Waals surface area (Å²) >= 11 is 0. The monoisotopic (exact) mass is 353 g/mol. The molecule has 2 saturated heterocycles. The van der Waals surface area contributed by atoms with Gasteiger partial charge in [0.05, 0.1) is 13.2 Å². The summed E-state index contributed by atoms with van der Waals surface area (Å²) in [6.07, 6.45) is 1.88. The molecule has 0 bridgehead atoms. The summed E-state index contributed by atoms with van der Waals surface area (Å²) in [5.41, 5.74) is 2.79. The van der Waals surface area contributed by atoms with Gasteiger partial charge in [-0.2, -0.15) is 4.98 Å². The second-order valence-corrected chi connectivity index (χ2v) is 7.00. The predicted molar refractivity (Wildman–Crippen MR) is 104 cm³/mol. The molecule has 0 atom stereocenters. The lowest BCUT2D eigenvalue weighted by Crippen LogP contribution is -2.46. The average Bonchev–Trinajstić information content (AvgIpc) is 2.71. The van der Waals surface area contributed by atoms with Crippen LogP contribution in [0.25, 0.3) is 0 Å². The van der Waals surface area contributed by atoms with Crippen molar-refractivity contribution < 1.29 is 4.74 Å². The molecule has 3 heterocycles. The Balaban J connectivity index is 1.36. The zero-order valence-electron chi connectivity index (χ0n) is 15.5. The lowest BCUT2D eigenvalue weighted by atomic mass is 10.1. The number of aromatic nitrogens is 2. The molecule has 6 heteroatoms. The van der Waals surface area contributed by atoms with Gasteiger partial charge in [-0.1, -0.05) is 24.3 Å². The highest BCUT2D eigenvalue weighted by Gasteiger charge is 2.21. The number of aryl methyl sites for hydroxylation is 1. The number of morpholine rings is 1. The first-order valence-electron chi connectivity index (χ1n) is 9.47. The highest BCUT2D eigenvalue weighted by Crippen LogP contribution is 2.18. The fourth-order valence-corrected chi connectivity index (χ4v) is 3.59. The van der Waals surface area contributed by atoms with E-state index in [1.165, 1.54) is 11.1 Å². The van der Waals surface area contributed by atoms with Crippen molar-refractivity contribution in [3.63, 3.8) is 0 Å². The fraction of sp³-hybridized carbons (Fsp3) is 0.500. The normalized spacial score (nSPS) is 19.0. The molecular formula is C20H27N5O. The third-order valence-corrected chi connectivity index (χ3v) is 5.27. The molecule has 0 radical (unpaired) electrons. The van der Waals surface area contributed by atoms with Crippen LogP contribution in [0.4, 0.5) is 11.8 Å². The molecular weight excluding hydrogens is 326 g/mol. The second kappa shape index (κ2) is 8.01. The van der Waals surface area contributed by atoms with Crippen LogP contribution in [0.2, 0.25) is 0 Å². The molecule has 26 heavy (non-hydrogen) atoms. The van der Waals surface area contributed by atoms with Gasteiger partial charge in [-0.25, -0.2) is 4.98 Å². The van der Waals surface area contributed by atoms with Crippen LogP contribution in [0.5, 0.6) is 0 Å². The van der Waals surface area contributed by atoms with E-state index >= 15 is 0 Å². The fourth-order valence-electron chi connectivity index (χ4n) is 3.59. The molecule has 0 aliphatic carbocycles. The highest BCUT2D eigenvalue weighted by molar-refractivity contribution is 5.44. The molecule has 6 nitrogen and oxygen atoms in total. The molecule has 2 aliphatic rings. The van der Waals surface area contributed by atoms with E-state index in [0.717, 1.165) is 70.8 Å². The molecule has 0 unspecified atom stereocenters. The molecule has 1 aromatic heterocycles. The Morgan fingerprint density at radius 2 is 1.69 bits per heavy atom. The summed E-state index contributed by atoms with van der Waals surface area (Å²) in [5.74, 6) is 1.87. The zero-order chi connectivity index (χ0) is 17.8. The lowest BCUT2D eigenvalue weighted by molar-refractivity contribution is 0.122. The molecule has 2 aliphatic heterocycles. The molecule has 0 N–H and O–H groups in total. The maximum absolute atomic E-state index is 5.44. The summed E-state index contributed by atoms with van der Waals surface area (Å²) < 4.78 is 5.44. The van der Waals surface area contributed by atoms with Crippen molar-refractivity contribution >= 4 is 11.8 Å². The maximum atomic E-state index is 5.44. The van der Waals surface area contributed by atoms with Crippen molar-refractivity contribution in [2.45, 2.75) is 13.5 Å². The maximum Gasteiger partial charge on any atom is 0.227 e. The summed E-state index contributed by atoms with van der Waals surface area (Å²) in [7, 11) is 0. The molecule has 0 amide bonds. The van der Waals surface area contributed by atoms with E-state index in [1.54, 1.807) is 0 Å². The van der Waals surface area contributed by atoms with Crippen LogP contribution in [0, 0.1) is 6.92 Å². The van der Waals surface area contributed by atoms with E-state index in [-0.39, 0.29) is 0 Å². The predicted octanol–water partition coefficient (Wildman–Crippen LogP) is 1.94. The Hall–Kier alpha value is -2.18. The van der Waals surface area contributed by atoms with E-state index < -0.39 is 0 Å². The van der Waals surface area contributed by atoms with E-state index in [1.807, 2.05) is 12.3 Å². The van der Waals surface area contributed by atoms with Gasteiger partial charge in [0.15, 0.2) is 0 Å². The van der Waals surface area contributed by atoms with Gasteiger partial charge < -0.3 is 14.5 Å². The van der Waals surface area contributed by atoms with Gasteiger partial charge in [0.1, 0.15) is 5.82 Å². The Bertz CT molecular complexity index is 724. The van der Waals surface area contributed by atoms with Crippen LogP contribution in [0.15, 0.2) is 36.5 Å². The SMILES string of the molecule is Cc1ccccc1CN1CCN(c2nccc(N3CCOCC3)n2)CC1.